The normalized spacial score (nSPS) is 18.4. The first-order chi connectivity index (χ1) is 7.98. The highest BCUT2D eigenvalue weighted by molar-refractivity contribution is 7.07. The minimum Gasteiger partial charge on any atom is -0.337 e. The Morgan fingerprint density at radius 1 is 1.41 bits per heavy atom. The largest absolute Gasteiger partial charge is 0.337 e. The van der Waals surface area contributed by atoms with Crippen molar-refractivity contribution in [3.63, 3.8) is 0 Å². The smallest absolute Gasteiger partial charge is 0.273 e. The summed E-state index contributed by atoms with van der Waals surface area (Å²) >= 11 is 1.48. The fourth-order valence-corrected chi connectivity index (χ4v) is 2.95. The summed E-state index contributed by atoms with van der Waals surface area (Å²) in [5, 5.41) is 1.83. The van der Waals surface area contributed by atoms with Crippen LogP contribution in [0.25, 0.3) is 0 Å². The Bertz CT molecular complexity index is 373. The maximum atomic E-state index is 12.1. The predicted octanol–water partition coefficient (Wildman–Crippen LogP) is 3.04. The lowest BCUT2D eigenvalue weighted by Gasteiger charge is -2.38. The van der Waals surface area contributed by atoms with Crippen LogP contribution in [0, 0.1) is 11.3 Å². The molecule has 1 aliphatic rings. The number of piperidine rings is 1. The van der Waals surface area contributed by atoms with E-state index in [2.05, 4.69) is 25.8 Å². The predicted molar refractivity (Wildman–Crippen MR) is 70.2 cm³/mol. The van der Waals surface area contributed by atoms with Gasteiger partial charge >= 0.3 is 0 Å². The maximum absolute atomic E-state index is 12.1. The molecule has 0 saturated carbocycles. The Kier molecular flexibility index (Phi) is 3.52. The summed E-state index contributed by atoms with van der Waals surface area (Å²) < 4.78 is 0. The van der Waals surface area contributed by atoms with Crippen LogP contribution < -0.4 is 0 Å². The fourth-order valence-electron chi connectivity index (χ4n) is 2.43. The van der Waals surface area contributed by atoms with Gasteiger partial charge in [0, 0.05) is 18.5 Å². The number of thiazole rings is 1. The van der Waals surface area contributed by atoms with E-state index >= 15 is 0 Å². The van der Waals surface area contributed by atoms with Crippen LogP contribution >= 0.6 is 11.3 Å². The first-order valence-electron chi connectivity index (χ1n) is 6.16. The average molecular weight is 252 g/mol. The molecular weight excluding hydrogens is 232 g/mol. The molecule has 1 aromatic heterocycles. The molecule has 0 radical (unpaired) electrons. The summed E-state index contributed by atoms with van der Waals surface area (Å²) in [6.07, 6.45) is 2.22. The van der Waals surface area contributed by atoms with Gasteiger partial charge < -0.3 is 4.90 Å². The third-order valence-electron chi connectivity index (χ3n) is 3.66. The summed E-state index contributed by atoms with van der Waals surface area (Å²) in [5.74, 6) is 0.820. The molecule has 2 rings (SSSR count). The van der Waals surface area contributed by atoms with Gasteiger partial charge in [-0.15, -0.1) is 11.3 Å². The van der Waals surface area contributed by atoms with Crippen LogP contribution in [0.3, 0.4) is 0 Å². The number of likely N-dealkylation sites (tertiary alicyclic amines) is 1. The Morgan fingerprint density at radius 2 is 2.06 bits per heavy atom. The molecule has 0 aromatic carbocycles. The lowest BCUT2D eigenvalue weighted by atomic mass is 9.75. The lowest BCUT2D eigenvalue weighted by molar-refractivity contribution is 0.0604. The number of rotatable bonds is 1. The molecule has 2 heterocycles. The van der Waals surface area contributed by atoms with E-state index in [1.54, 1.807) is 5.51 Å². The first-order valence-corrected chi connectivity index (χ1v) is 7.10. The molecule has 1 aliphatic heterocycles. The van der Waals surface area contributed by atoms with Gasteiger partial charge in [-0.25, -0.2) is 4.98 Å². The number of aromatic nitrogens is 1. The van der Waals surface area contributed by atoms with Gasteiger partial charge in [0.25, 0.3) is 5.91 Å². The molecule has 0 aliphatic carbocycles. The van der Waals surface area contributed by atoms with E-state index in [4.69, 9.17) is 0 Å². The lowest BCUT2D eigenvalue weighted by Crippen LogP contribution is -2.41. The molecule has 94 valence electrons. The number of amides is 1. The molecule has 0 N–H and O–H groups in total. The highest BCUT2D eigenvalue weighted by Crippen LogP contribution is 2.34. The number of hydrogen-bond acceptors (Lipinski definition) is 3. The van der Waals surface area contributed by atoms with Crippen LogP contribution in [-0.2, 0) is 0 Å². The Labute approximate surface area is 107 Å². The van der Waals surface area contributed by atoms with Gasteiger partial charge in [0.15, 0.2) is 0 Å². The van der Waals surface area contributed by atoms with E-state index in [9.17, 15) is 4.79 Å². The summed E-state index contributed by atoms with van der Waals surface area (Å²) in [7, 11) is 0. The van der Waals surface area contributed by atoms with Crippen molar-refractivity contribution in [2.75, 3.05) is 13.1 Å². The van der Waals surface area contributed by atoms with Crippen LogP contribution in [0.1, 0.15) is 44.1 Å². The fraction of sp³-hybridized carbons (Fsp3) is 0.692. The minimum atomic E-state index is 0.0959. The van der Waals surface area contributed by atoms with Crippen LogP contribution in [0.15, 0.2) is 10.9 Å². The van der Waals surface area contributed by atoms with Crippen molar-refractivity contribution < 1.29 is 4.79 Å². The van der Waals surface area contributed by atoms with Crippen LogP contribution in [0.2, 0.25) is 0 Å². The highest BCUT2D eigenvalue weighted by atomic mass is 32.1. The van der Waals surface area contributed by atoms with Crippen molar-refractivity contribution in [1.82, 2.24) is 9.88 Å². The average Bonchev–Trinajstić information content (AvgIpc) is 2.80. The quantitative estimate of drug-likeness (QED) is 0.769. The Hall–Kier alpha value is -0.900. The molecule has 1 aromatic rings. The molecule has 0 atom stereocenters. The molecule has 0 unspecified atom stereocenters. The Morgan fingerprint density at radius 3 is 2.53 bits per heavy atom. The molecule has 1 saturated heterocycles. The second-order valence-corrected chi connectivity index (χ2v) is 6.52. The van der Waals surface area contributed by atoms with Crippen molar-refractivity contribution in [1.29, 1.82) is 0 Å². The van der Waals surface area contributed by atoms with E-state index in [-0.39, 0.29) is 5.91 Å². The van der Waals surface area contributed by atoms with E-state index in [0.29, 0.717) is 11.1 Å². The molecule has 0 spiro atoms. The monoisotopic (exact) mass is 252 g/mol. The zero-order chi connectivity index (χ0) is 12.5. The van der Waals surface area contributed by atoms with Crippen molar-refractivity contribution in [3.05, 3.63) is 16.6 Å². The van der Waals surface area contributed by atoms with E-state index in [1.807, 2.05) is 10.3 Å². The van der Waals surface area contributed by atoms with Crippen molar-refractivity contribution >= 4 is 17.2 Å². The van der Waals surface area contributed by atoms with E-state index < -0.39 is 0 Å². The van der Waals surface area contributed by atoms with Crippen LogP contribution in [0.4, 0.5) is 0 Å². The van der Waals surface area contributed by atoms with Gasteiger partial charge in [0.05, 0.1) is 5.51 Å². The molecule has 17 heavy (non-hydrogen) atoms. The summed E-state index contributed by atoms with van der Waals surface area (Å²) in [6, 6.07) is 0. The molecule has 1 amide bonds. The van der Waals surface area contributed by atoms with Gasteiger partial charge in [0.1, 0.15) is 5.69 Å². The maximum Gasteiger partial charge on any atom is 0.273 e. The SMILES string of the molecule is CC(C)(C)C1CCN(C(=O)c2cscn2)CC1. The van der Waals surface area contributed by atoms with Gasteiger partial charge in [0.2, 0.25) is 0 Å². The zero-order valence-electron chi connectivity index (χ0n) is 10.8. The first kappa shape index (κ1) is 12.6. The second kappa shape index (κ2) is 4.77. The van der Waals surface area contributed by atoms with Crippen molar-refractivity contribution in [2.45, 2.75) is 33.6 Å². The van der Waals surface area contributed by atoms with Crippen LogP contribution in [-0.4, -0.2) is 28.9 Å². The summed E-state index contributed by atoms with van der Waals surface area (Å²) in [4.78, 5) is 18.1. The topological polar surface area (TPSA) is 33.2 Å². The summed E-state index contributed by atoms with van der Waals surface area (Å²) in [5.41, 5.74) is 2.68. The number of hydrogen-bond donors (Lipinski definition) is 0. The van der Waals surface area contributed by atoms with Gasteiger partial charge in [-0.2, -0.15) is 0 Å². The molecule has 1 fully saturated rings. The molecule has 3 nitrogen and oxygen atoms in total. The molecule has 4 heteroatoms. The van der Waals surface area contributed by atoms with E-state index in [1.165, 1.54) is 11.3 Å². The van der Waals surface area contributed by atoms with Crippen molar-refractivity contribution in [2.24, 2.45) is 11.3 Å². The summed E-state index contributed by atoms with van der Waals surface area (Å²) in [6.45, 7) is 8.61. The van der Waals surface area contributed by atoms with Gasteiger partial charge in [-0.1, -0.05) is 20.8 Å². The van der Waals surface area contributed by atoms with Gasteiger partial charge in [-0.05, 0) is 24.2 Å². The third-order valence-corrected chi connectivity index (χ3v) is 4.24. The Balaban J connectivity index is 1.94. The van der Waals surface area contributed by atoms with Crippen molar-refractivity contribution in [3.8, 4) is 0 Å². The zero-order valence-corrected chi connectivity index (χ0v) is 11.6. The van der Waals surface area contributed by atoms with Gasteiger partial charge in [-0.3, -0.25) is 4.79 Å². The van der Waals surface area contributed by atoms with Crippen LogP contribution in [0.5, 0.6) is 0 Å². The number of carbonyl (C=O) groups is 1. The highest BCUT2D eigenvalue weighted by Gasteiger charge is 2.30. The molecular formula is C13H20N2OS. The molecule has 0 bridgehead atoms. The standard InChI is InChI=1S/C13H20N2OS/c1-13(2,3)10-4-6-15(7-5-10)12(16)11-8-17-9-14-11/h8-10H,4-7H2,1-3H3. The van der Waals surface area contributed by atoms with E-state index in [0.717, 1.165) is 31.8 Å². The number of nitrogens with zero attached hydrogens (tertiary/aromatic N) is 2. The third kappa shape index (κ3) is 2.86. The minimum absolute atomic E-state index is 0.0959. The number of carbonyl (C=O) groups excluding carboxylic acids is 1. The second-order valence-electron chi connectivity index (χ2n) is 5.81.